The largest absolute Gasteiger partial charge is 0.298 e. The summed E-state index contributed by atoms with van der Waals surface area (Å²) >= 11 is 1.15. The highest BCUT2D eigenvalue weighted by Crippen LogP contribution is 2.29. The lowest BCUT2D eigenvalue weighted by atomic mass is 10.2. The maximum Gasteiger partial charge on any atom is 0.264 e. The SMILES string of the molecule is CN(c1ccccc1)S(=O)(=O)c1ccc(C(=O)Nc2nc3ccc(S(C)(=O)=O)cc3s2)cc1. The first kappa shape index (κ1) is 22.9. The van der Waals surface area contributed by atoms with E-state index in [2.05, 4.69) is 10.3 Å². The third-order valence-corrected chi connectivity index (χ3v) is 8.75. The Labute approximate surface area is 195 Å². The number of anilines is 2. The fraction of sp³-hybridized carbons (Fsp3) is 0.0909. The maximum atomic E-state index is 12.9. The van der Waals surface area contributed by atoms with Gasteiger partial charge in [-0.2, -0.15) is 0 Å². The summed E-state index contributed by atoms with van der Waals surface area (Å²) in [4.78, 5) is 17.2. The summed E-state index contributed by atoms with van der Waals surface area (Å²) in [6.07, 6.45) is 1.12. The number of benzene rings is 3. The van der Waals surface area contributed by atoms with Crippen LogP contribution in [0, 0.1) is 0 Å². The topological polar surface area (TPSA) is 114 Å². The molecule has 0 spiro atoms. The molecular weight excluding hydrogens is 482 g/mol. The van der Waals surface area contributed by atoms with Gasteiger partial charge >= 0.3 is 0 Å². The lowest BCUT2D eigenvalue weighted by Crippen LogP contribution is -2.26. The van der Waals surface area contributed by atoms with Gasteiger partial charge in [0, 0.05) is 18.9 Å². The van der Waals surface area contributed by atoms with Crippen molar-refractivity contribution in [3.63, 3.8) is 0 Å². The number of rotatable bonds is 6. The van der Waals surface area contributed by atoms with Crippen molar-refractivity contribution in [3.05, 3.63) is 78.4 Å². The summed E-state index contributed by atoms with van der Waals surface area (Å²) in [5.41, 5.74) is 1.34. The Bertz CT molecular complexity index is 1550. The van der Waals surface area contributed by atoms with Crippen LogP contribution in [0.5, 0.6) is 0 Å². The van der Waals surface area contributed by atoms with Gasteiger partial charge in [0.15, 0.2) is 15.0 Å². The molecule has 0 fully saturated rings. The monoisotopic (exact) mass is 501 g/mol. The van der Waals surface area contributed by atoms with Crippen LogP contribution in [-0.2, 0) is 19.9 Å². The first-order chi connectivity index (χ1) is 15.6. The van der Waals surface area contributed by atoms with Gasteiger partial charge in [-0.05, 0) is 54.6 Å². The third kappa shape index (κ3) is 4.75. The molecule has 0 atom stereocenters. The van der Waals surface area contributed by atoms with Crippen molar-refractivity contribution >= 4 is 58.1 Å². The van der Waals surface area contributed by atoms with E-state index in [0.717, 1.165) is 17.6 Å². The lowest BCUT2D eigenvalue weighted by molar-refractivity contribution is 0.102. The molecule has 1 aromatic heterocycles. The van der Waals surface area contributed by atoms with Gasteiger partial charge in [-0.3, -0.25) is 14.4 Å². The molecule has 0 aliphatic carbocycles. The van der Waals surface area contributed by atoms with E-state index in [4.69, 9.17) is 0 Å². The highest BCUT2D eigenvalue weighted by Gasteiger charge is 2.21. The molecule has 4 rings (SSSR count). The number of sulfonamides is 1. The summed E-state index contributed by atoms with van der Waals surface area (Å²) in [6.45, 7) is 0. The molecule has 8 nitrogen and oxygen atoms in total. The van der Waals surface area contributed by atoms with Crippen LogP contribution in [0.3, 0.4) is 0 Å². The third-order valence-electron chi connectivity index (χ3n) is 4.90. The van der Waals surface area contributed by atoms with Crippen molar-refractivity contribution in [2.75, 3.05) is 22.9 Å². The zero-order valence-corrected chi connectivity index (χ0v) is 20.0. The number of hydrogen-bond donors (Lipinski definition) is 1. The van der Waals surface area contributed by atoms with E-state index in [0.29, 0.717) is 21.0 Å². The molecule has 0 bridgehead atoms. The van der Waals surface area contributed by atoms with Crippen LogP contribution < -0.4 is 9.62 Å². The minimum Gasteiger partial charge on any atom is -0.298 e. The van der Waals surface area contributed by atoms with E-state index in [9.17, 15) is 21.6 Å². The number of fused-ring (bicyclic) bond motifs is 1. The Balaban J connectivity index is 1.53. The van der Waals surface area contributed by atoms with Gasteiger partial charge in [-0.15, -0.1) is 0 Å². The quantitative estimate of drug-likeness (QED) is 0.430. The number of para-hydroxylation sites is 1. The Morgan fingerprint density at radius 2 is 1.55 bits per heavy atom. The molecule has 4 aromatic rings. The van der Waals surface area contributed by atoms with Crippen molar-refractivity contribution in [1.82, 2.24) is 4.98 Å². The number of carbonyl (C=O) groups is 1. The van der Waals surface area contributed by atoms with Crippen LogP contribution in [-0.4, -0.2) is 41.0 Å². The number of aromatic nitrogens is 1. The number of carbonyl (C=O) groups excluding carboxylic acids is 1. The van der Waals surface area contributed by atoms with Crippen LogP contribution in [0.2, 0.25) is 0 Å². The van der Waals surface area contributed by atoms with Crippen LogP contribution >= 0.6 is 11.3 Å². The van der Waals surface area contributed by atoms with Crippen molar-refractivity contribution in [2.45, 2.75) is 9.79 Å². The highest BCUT2D eigenvalue weighted by molar-refractivity contribution is 7.92. The number of hydrogen-bond acceptors (Lipinski definition) is 7. The van der Waals surface area contributed by atoms with E-state index < -0.39 is 25.8 Å². The number of nitrogens with one attached hydrogen (secondary N) is 1. The van der Waals surface area contributed by atoms with Gasteiger partial charge < -0.3 is 0 Å². The molecule has 1 heterocycles. The summed E-state index contributed by atoms with van der Waals surface area (Å²) in [5.74, 6) is -0.460. The summed E-state index contributed by atoms with van der Waals surface area (Å²) in [7, 11) is -5.67. The van der Waals surface area contributed by atoms with E-state index in [1.807, 2.05) is 0 Å². The van der Waals surface area contributed by atoms with Crippen LogP contribution in [0.1, 0.15) is 10.4 Å². The molecular formula is C22H19N3O5S3. The van der Waals surface area contributed by atoms with E-state index in [-0.39, 0.29) is 15.4 Å². The van der Waals surface area contributed by atoms with Crippen LogP contribution in [0.25, 0.3) is 10.2 Å². The summed E-state index contributed by atoms with van der Waals surface area (Å²) in [6, 6.07) is 18.8. The Morgan fingerprint density at radius 3 is 2.18 bits per heavy atom. The minimum absolute atomic E-state index is 0.0543. The van der Waals surface area contributed by atoms with E-state index in [1.165, 1.54) is 47.8 Å². The molecule has 3 aromatic carbocycles. The second kappa shape index (κ2) is 8.58. The van der Waals surface area contributed by atoms with Crippen molar-refractivity contribution in [3.8, 4) is 0 Å². The van der Waals surface area contributed by atoms with Crippen molar-refractivity contribution in [1.29, 1.82) is 0 Å². The highest BCUT2D eigenvalue weighted by atomic mass is 32.2. The fourth-order valence-corrected chi connectivity index (χ4v) is 5.89. The van der Waals surface area contributed by atoms with Crippen LogP contribution in [0.4, 0.5) is 10.8 Å². The average molecular weight is 502 g/mol. The normalized spacial score (nSPS) is 11.9. The Morgan fingerprint density at radius 1 is 0.909 bits per heavy atom. The van der Waals surface area contributed by atoms with Gasteiger partial charge in [0.05, 0.1) is 25.7 Å². The van der Waals surface area contributed by atoms with Gasteiger partial charge in [-0.25, -0.2) is 21.8 Å². The smallest absolute Gasteiger partial charge is 0.264 e. The Hall–Kier alpha value is -3.28. The molecule has 33 heavy (non-hydrogen) atoms. The van der Waals surface area contributed by atoms with Crippen molar-refractivity contribution in [2.24, 2.45) is 0 Å². The van der Waals surface area contributed by atoms with Gasteiger partial charge in [-0.1, -0.05) is 29.5 Å². The molecule has 0 saturated carbocycles. The molecule has 11 heteroatoms. The molecule has 1 N–H and O–H groups in total. The fourth-order valence-electron chi connectivity index (χ4n) is 3.07. The maximum absolute atomic E-state index is 12.9. The van der Waals surface area contributed by atoms with Gasteiger partial charge in [0.25, 0.3) is 15.9 Å². The number of thiazole rings is 1. The first-order valence-electron chi connectivity index (χ1n) is 9.62. The molecule has 0 aliphatic rings. The molecule has 170 valence electrons. The summed E-state index contributed by atoms with van der Waals surface area (Å²) < 4.78 is 51.0. The van der Waals surface area contributed by atoms with Crippen LogP contribution in [0.15, 0.2) is 82.6 Å². The predicted molar refractivity (Wildman–Crippen MR) is 129 cm³/mol. The molecule has 0 aliphatic heterocycles. The molecule has 0 radical (unpaired) electrons. The van der Waals surface area contributed by atoms with E-state index in [1.54, 1.807) is 36.4 Å². The second-order valence-electron chi connectivity index (χ2n) is 7.21. The van der Waals surface area contributed by atoms with Gasteiger partial charge in [0.1, 0.15) is 0 Å². The average Bonchev–Trinajstić information content (AvgIpc) is 3.20. The Kier molecular flexibility index (Phi) is 5.95. The second-order valence-corrected chi connectivity index (χ2v) is 12.2. The molecule has 0 saturated heterocycles. The number of sulfone groups is 1. The molecule has 1 amide bonds. The van der Waals surface area contributed by atoms with Gasteiger partial charge in [0.2, 0.25) is 0 Å². The minimum atomic E-state index is -3.78. The van der Waals surface area contributed by atoms with Crippen molar-refractivity contribution < 1.29 is 21.6 Å². The zero-order chi connectivity index (χ0) is 23.8. The van der Waals surface area contributed by atoms with E-state index >= 15 is 0 Å². The predicted octanol–water partition coefficient (Wildman–Crippen LogP) is 3.78. The summed E-state index contributed by atoms with van der Waals surface area (Å²) in [5, 5.41) is 2.98. The lowest BCUT2D eigenvalue weighted by Gasteiger charge is -2.19. The number of nitrogens with zero attached hydrogens (tertiary/aromatic N) is 2. The zero-order valence-electron chi connectivity index (χ0n) is 17.6. The standard InChI is InChI=1S/C22H19N3O5S3/c1-25(16-6-4-3-5-7-16)33(29,30)17-10-8-15(9-11-17)21(26)24-22-23-19-13-12-18(32(2,27)28)14-20(19)31-22/h3-14H,1-2H3,(H,23,24,26). The first-order valence-corrected chi connectivity index (χ1v) is 13.8. The molecule has 0 unspecified atom stereocenters. The number of amides is 1.